The van der Waals surface area contributed by atoms with Crippen molar-refractivity contribution in [3.8, 4) is 0 Å². The third-order valence-electron chi connectivity index (χ3n) is 1.09. The highest BCUT2D eigenvalue weighted by Crippen LogP contribution is 2.37. The van der Waals surface area contributed by atoms with E-state index in [-0.39, 0.29) is 12.4 Å². The van der Waals surface area contributed by atoms with Gasteiger partial charge in [0, 0.05) is 6.08 Å². The van der Waals surface area contributed by atoms with Crippen LogP contribution in [-0.4, -0.2) is 31.3 Å². The molecule has 15 heavy (non-hydrogen) atoms. The Morgan fingerprint density at radius 1 is 1.20 bits per heavy atom. The second-order valence-electron chi connectivity index (χ2n) is 2.15. The summed E-state index contributed by atoms with van der Waals surface area (Å²) in [6, 6.07) is 0. The van der Waals surface area contributed by atoms with Crippen LogP contribution >= 0.6 is 58.8 Å². The predicted molar refractivity (Wildman–Crippen MR) is 60.5 cm³/mol. The summed E-state index contributed by atoms with van der Waals surface area (Å²) in [5.41, 5.74) is -0.695. The van der Waals surface area contributed by atoms with Gasteiger partial charge < -0.3 is 10.2 Å². The molecule has 0 heterocycles. The second kappa shape index (κ2) is 6.66. The molecule has 9 heteroatoms. The van der Waals surface area contributed by atoms with Gasteiger partial charge in [0.1, 0.15) is 5.38 Å². The number of alkyl halides is 4. The van der Waals surface area contributed by atoms with E-state index in [2.05, 4.69) is 0 Å². The maximum absolute atomic E-state index is 10.5. The van der Waals surface area contributed by atoms with E-state index in [1.54, 1.807) is 0 Å². The molecule has 0 saturated carbocycles. The summed E-state index contributed by atoms with van der Waals surface area (Å²) >= 11 is 21.4. The van der Waals surface area contributed by atoms with Gasteiger partial charge in [-0.2, -0.15) is 0 Å². The molecule has 0 aromatic heterocycles. The molecule has 0 radical (unpaired) electrons. The molecular formula is C6H5Cl5O4. The molecule has 1 unspecified atom stereocenters. The minimum Gasteiger partial charge on any atom is -0.478 e. The van der Waals surface area contributed by atoms with Crippen LogP contribution in [0.5, 0.6) is 0 Å². The molecule has 0 aliphatic carbocycles. The number of hydrogen-bond donors (Lipinski definition) is 2. The van der Waals surface area contributed by atoms with E-state index >= 15 is 0 Å². The van der Waals surface area contributed by atoms with Crippen LogP contribution in [0.3, 0.4) is 0 Å². The lowest BCUT2D eigenvalue weighted by Crippen LogP contribution is -2.26. The van der Waals surface area contributed by atoms with Gasteiger partial charge in [-0.25, -0.2) is 9.59 Å². The first-order valence-corrected chi connectivity index (χ1v) is 4.62. The highest BCUT2D eigenvalue weighted by Gasteiger charge is 2.37. The fraction of sp³-hybridized carbons (Fsp3) is 0.333. The van der Waals surface area contributed by atoms with Crippen molar-refractivity contribution >= 4 is 70.7 Å². The van der Waals surface area contributed by atoms with Gasteiger partial charge in [-0.1, -0.05) is 34.8 Å². The van der Waals surface area contributed by atoms with Crippen LogP contribution in [0, 0.1) is 0 Å². The lowest BCUT2D eigenvalue weighted by Gasteiger charge is -2.17. The highest BCUT2D eigenvalue weighted by atomic mass is 35.6. The quantitative estimate of drug-likeness (QED) is 0.619. The Morgan fingerprint density at radius 3 is 1.80 bits per heavy atom. The molecule has 0 aromatic carbocycles. The van der Waals surface area contributed by atoms with Crippen molar-refractivity contribution in [2.24, 2.45) is 0 Å². The maximum atomic E-state index is 10.5. The lowest BCUT2D eigenvalue weighted by atomic mass is 10.2. The molecule has 0 bridgehead atoms. The van der Waals surface area contributed by atoms with Crippen LogP contribution in [0.15, 0.2) is 11.6 Å². The smallest absolute Gasteiger partial charge is 0.333 e. The molecule has 88 valence electrons. The Balaban J connectivity index is 0. The summed E-state index contributed by atoms with van der Waals surface area (Å²) in [5.74, 6) is -3.04. The van der Waals surface area contributed by atoms with Crippen LogP contribution in [-0.2, 0) is 9.59 Å². The summed E-state index contributed by atoms with van der Waals surface area (Å²) in [4.78, 5) is 20.7. The van der Waals surface area contributed by atoms with E-state index in [0.29, 0.717) is 6.08 Å². The first-order chi connectivity index (χ1) is 6.16. The van der Waals surface area contributed by atoms with Gasteiger partial charge in [0.25, 0.3) is 0 Å². The molecule has 0 amide bonds. The Kier molecular flexibility index (Phi) is 7.78. The Morgan fingerprint density at radius 2 is 1.60 bits per heavy atom. The molecule has 0 aliphatic heterocycles. The number of halogens is 5. The summed E-state index contributed by atoms with van der Waals surface area (Å²) in [5, 5.41) is 15.3. The maximum Gasteiger partial charge on any atom is 0.333 e. The van der Waals surface area contributed by atoms with E-state index in [4.69, 9.17) is 56.6 Å². The normalized spacial score (nSPS) is 14.0. The molecule has 0 rings (SSSR count). The van der Waals surface area contributed by atoms with Gasteiger partial charge in [0.05, 0.1) is 5.57 Å². The average Bonchev–Trinajstić information content (AvgIpc) is 1.96. The lowest BCUT2D eigenvalue weighted by molar-refractivity contribution is -0.135. The van der Waals surface area contributed by atoms with Crippen molar-refractivity contribution in [1.82, 2.24) is 0 Å². The summed E-state index contributed by atoms with van der Waals surface area (Å²) in [7, 11) is 0. The fourth-order valence-electron chi connectivity index (χ4n) is 0.553. The molecule has 0 aromatic rings. The van der Waals surface area contributed by atoms with Crippen LogP contribution in [0.1, 0.15) is 0 Å². The van der Waals surface area contributed by atoms with Crippen LogP contribution in [0.25, 0.3) is 0 Å². The molecule has 0 saturated heterocycles. The van der Waals surface area contributed by atoms with Crippen LogP contribution < -0.4 is 0 Å². The number of carbonyl (C=O) groups is 2. The topological polar surface area (TPSA) is 74.6 Å². The van der Waals surface area contributed by atoms with Crippen molar-refractivity contribution in [3.05, 3.63) is 11.6 Å². The number of rotatable bonds is 3. The standard InChI is InChI=1S/C6H4Cl4O4.ClH/c7-4(6(8,9)10)2(5(13)14)1-3(11)12;/h1,4H,(H,11,12)(H,13,14);1H. The largest absolute Gasteiger partial charge is 0.478 e. The van der Waals surface area contributed by atoms with Crippen molar-refractivity contribution in [1.29, 1.82) is 0 Å². The van der Waals surface area contributed by atoms with Crippen LogP contribution in [0.4, 0.5) is 0 Å². The molecule has 1 atom stereocenters. The molecule has 0 spiro atoms. The van der Waals surface area contributed by atoms with Crippen molar-refractivity contribution < 1.29 is 19.8 Å². The van der Waals surface area contributed by atoms with Crippen molar-refractivity contribution in [2.75, 3.05) is 0 Å². The SMILES string of the molecule is Cl.O=C(O)C=C(C(=O)O)C(Cl)C(Cl)(Cl)Cl. The highest BCUT2D eigenvalue weighted by molar-refractivity contribution is 6.70. The van der Waals surface area contributed by atoms with Gasteiger partial charge in [-0.05, 0) is 0 Å². The third-order valence-corrected chi connectivity index (χ3v) is 2.64. The van der Waals surface area contributed by atoms with E-state index < -0.39 is 26.7 Å². The number of carboxylic acids is 2. The predicted octanol–water partition coefficient (Wildman–Crippen LogP) is 2.48. The Bertz CT molecular complexity index is 282. The zero-order valence-electron chi connectivity index (χ0n) is 6.79. The van der Waals surface area contributed by atoms with E-state index in [9.17, 15) is 9.59 Å². The zero-order chi connectivity index (χ0) is 11.5. The Labute approximate surface area is 111 Å². The number of aliphatic carboxylic acids is 2. The van der Waals surface area contributed by atoms with E-state index in [1.807, 2.05) is 0 Å². The fourth-order valence-corrected chi connectivity index (χ4v) is 1.06. The van der Waals surface area contributed by atoms with Crippen molar-refractivity contribution in [3.63, 3.8) is 0 Å². The van der Waals surface area contributed by atoms with Crippen LogP contribution in [0.2, 0.25) is 0 Å². The van der Waals surface area contributed by atoms with Gasteiger partial charge in [-0.15, -0.1) is 24.0 Å². The summed E-state index contributed by atoms with van der Waals surface area (Å²) in [6.07, 6.45) is 0.377. The van der Waals surface area contributed by atoms with E-state index in [0.717, 1.165) is 0 Å². The van der Waals surface area contributed by atoms with Gasteiger partial charge in [-0.3, -0.25) is 0 Å². The summed E-state index contributed by atoms with van der Waals surface area (Å²) in [6.45, 7) is 0. The monoisotopic (exact) mass is 316 g/mol. The summed E-state index contributed by atoms with van der Waals surface area (Å²) < 4.78 is -2.08. The molecule has 4 nitrogen and oxygen atoms in total. The first-order valence-electron chi connectivity index (χ1n) is 3.05. The third kappa shape index (κ3) is 6.33. The van der Waals surface area contributed by atoms with Gasteiger partial charge in [0.15, 0.2) is 0 Å². The minimum atomic E-state index is -2.08. The second-order valence-corrected chi connectivity index (χ2v) is 4.95. The molecular weight excluding hydrogens is 313 g/mol. The number of hydrogen-bond acceptors (Lipinski definition) is 2. The zero-order valence-corrected chi connectivity index (χ0v) is 10.6. The van der Waals surface area contributed by atoms with Gasteiger partial charge >= 0.3 is 11.9 Å². The van der Waals surface area contributed by atoms with Gasteiger partial charge in [0.2, 0.25) is 3.79 Å². The first kappa shape index (κ1) is 17.5. The minimum absolute atomic E-state index is 0. The average molecular weight is 318 g/mol. The van der Waals surface area contributed by atoms with E-state index in [1.165, 1.54) is 0 Å². The Hall–Kier alpha value is 0.130. The number of carboxylic acid groups (broad SMARTS) is 2. The molecule has 0 fully saturated rings. The van der Waals surface area contributed by atoms with Crippen molar-refractivity contribution in [2.45, 2.75) is 9.17 Å². The molecule has 2 N–H and O–H groups in total. The molecule has 0 aliphatic rings.